The summed E-state index contributed by atoms with van der Waals surface area (Å²) in [4.78, 5) is 80.4. The fourth-order valence-electron chi connectivity index (χ4n) is 21.5. The van der Waals surface area contributed by atoms with Gasteiger partial charge >= 0.3 is 41.8 Å². The first-order valence-electron chi connectivity index (χ1n) is 52.0. The first-order valence-corrected chi connectivity index (χ1v) is 52.0. The van der Waals surface area contributed by atoms with Crippen molar-refractivity contribution >= 4 is 52.5 Å². The molecule has 0 heterocycles. The smallest absolute Gasteiger partial charge is 0.423 e. The Morgan fingerprint density at radius 1 is 0.270 bits per heavy atom. The molecule has 3 aromatic rings. The zero-order valence-corrected chi connectivity index (χ0v) is 79.4. The van der Waals surface area contributed by atoms with Gasteiger partial charge in [0.1, 0.15) is 35.6 Å². The summed E-state index contributed by atoms with van der Waals surface area (Å²) in [6.45, 7) is 22.6. The number of carbonyl (C=O) groups excluding carboxylic acids is 6. The van der Waals surface area contributed by atoms with E-state index >= 15 is 0 Å². The van der Waals surface area contributed by atoms with Crippen molar-refractivity contribution < 1.29 is 71.4 Å². The van der Waals surface area contributed by atoms with Crippen LogP contribution in [0.1, 0.15) is 436 Å². The Kier molecular flexibility index (Phi) is 48.5. The number of ether oxygens (including phenoxy) is 9. The van der Waals surface area contributed by atoms with Gasteiger partial charge in [-0.15, -0.1) is 0 Å². The van der Waals surface area contributed by atoms with E-state index in [-0.39, 0.29) is 61.9 Å². The highest BCUT2D eigenvalue weighted by Crippen LogP contribution is 2.46. The first-order chi connectivity index (χ1) is 61.5. The van der Waals surface area contributed by atoms with Gasteiger partial charge < -0.3 is 42.6 Å². The molecule has 0 bridgehead atoms. The lowest BCUT2D eigenvalue weighted by Gasteiger charge is -2.37. The zero-order valence-electron chi connectivity index (χ0n) is 79.4. The largest absolute Gasteiger partial charge is 0.494 e. The second kappa shape index (κ2) is 59.4. The molecule has 6 fully saturated rings. The lowest BCUT2D eigenvalue weighted by molar-refractivity contribution is -0.331. The van der Waals surface area contributed by atoms with Crippen LogP contribution in [0.3, 0.4) is 0 Å². The van der Waals surface area contributed by atoms with Crippen molar-refractivity contribution in [1.82, 2.24) is 0 Å². The Morgan fingerprint density at radius 2 is 0.484 bits per heavy atom. The summed E-state index contributed by atoms with van der Waals surface area (Å²) in [5.41, 5.74) is 3.40. The van der Waals surface area contributed by atoms with Gasteiger partial charge in [-0.3, -0.25) is 14.4 Å². The summed E-state index contributed by atoms with van der Waals surface area (Å²) < 4.78 is 53.9. The molecule has 15 heteroatoms. The summed E-state index contributed by atoms with van der Waals surface area (Å²) >= 11 is 0. The molecule has 0 spiro atoms. The Bertz CT molecular complexity index is 3200. The second-order valence-electron chi connectivity index (χ2n) is 39.3. The minimum absolute atomic E-state index is 0.0320. The van der Waals surface area contributed by atoms with Crippen LogP contribution < -0.4 is 14.2 Å². The number of carbonyl (C=O) groups is 6. The van der Waals surface area contributed by atoms with Crippen molar-refractivity contribution in [3.05, 3.63) is 109 Å². The number of hydrogen-bond donors (Lipinski definition) is 0. The Balaban J connectivity index is 0.614. The van der Waals surface area contributed by atoms with Crippen molar-refractivity contribution in [2.45, 2.75) is 444 Å². The molecule has 9 rings (SSSR count). The molecule has 0 radical (unpaired) electrons. The maximum absolute atomic E-state index is 13.6. The van der Waals surface area contributed by atoms with Crippen molar-refractivity contribution in [3.63, 3.8) is 0 Å². The molecule has 6 aliphatic carbocycles. The van der Waals surface area contributed by atoms with Crippen molar-refractivity contribution in [1.29, 1.82) is 0 Å². The molecule has 0 amide bonds. The van der Waals surface area contributed by atoms with E-state index in [1.165, 1.54) is 154 Å². The number of unbranched alkanes of at least 4 members (excludes halogenated alkanes) is 24. The summed E-state index contributed by atoms with van der Waals surface area (Å²) in [7, 11) is 0. The van der Waals surface area contributed by atoms with Gasteiger partial charge in [0, 0.05) is 19.3 Å². The molecular weight excluding hydrogens is 1570 g/mol. The lowest BCUT2D eigenvalue weighted by atomic mass is 9.70. The molecule has 0 atom stereocenters. The van der Waals surface area contributed by atoms with Crippen LogP contribution in [0.5, 0.6) is 17.2 Å². The van der Waals surface area contributed by atoms with E-state index in [1.54, 1.807) is 6.92 Å². The fraction of sp³-hybridized carbons (Fsp3) is 0.730. The maximum atomic E-state index is 13.6. The van der Waals surface area contributed by atoms with E-state index < -0.39 is 23.9 Å². The van der Waals surface area contributed by atoms with Crippen molar-refractivity contribution in [2.24, 2.45) is 53.3 Å². The van der Waals surface area contributed by atoms with Crippen LogP contribution >= 0.6 is 0 Å². The first kappa shape index (κ1) is 103. The third-order valence-corrected chi connectivity index (χ3v) is 29.8. The van der Waals surface area contributed by atoms with Gasteiger partial charge in [-0.25, -0.2) is 14.4 Å². The summed E-state index contributed by atoms with van der Waals surface area (Å²) in [6, 6.07) is 22.7. The van der Waals surface area contributed by atoms with Gasteiger partial charge in [0.25, 0.3) is 0 Å². The van der Waals surface area contributed by atoms with E-state index in [0.29, 0.717) is 55.8 Å². The predicted octanol–water partition coefficient (Wildman–Crippen LogP) is 29.8. The lowest BCUT2D eigenvalue weighted by Crippen LogP contribution is -2.44. The molecule has 704 valence electrons. The molecule has 3 aromatic carbocycles. The molecule has 0 aromatic heterocycles. The van der Waals surface area contributed by atoms with Gasteiger partial charge in [0.05, 0.1) is 43.0 Å². The van der Waals surface area contributed by atoms with Crippen LogP contribution in [-0.4, -0.2) is 79.9 Å². The molecule has 0 unspecified atom stereocenters. The highest BCUT2D eigenvalue weighted by atomic mass is 16.9. The SMILES string of the molecule is C=C(C(=O)OC1CCC(C2CCC(CCCCC)CC2)CC1)c1ccc(OCCCCCCCCCC(=O)OC(CC)(OC(=O)CCCCCCCCCOc2ccc(C(=C)C(=O)OC3CCC(C4CCC(CCCCC)CC4)CC3)cc2)OC(=O)CCCCCCCCCOc2ccc(C(=C)C(=O)OC3CCC(C4CCC(CCCCC)CC4)CC3)cc2)cc1. The average molecular weight is 1740 g/mol. The van der Waals surface area contributed by atoms with Gasteiger partial charge in [-0.05, 0) is 260 Å². The molecule has 126 heavy (non-hydrogen) atoms. The third-order valence-electron chi connectivity index (χ3n) is 29.8. The average Bonchev–Trinajstić information content (AvgIpc) is 0.840. The maximum Gasteiger partial charge on any atom is 0.423 e. The number of esters is 6. The normalized spacial score (nSPS) is 23.1. The molecule has 15 nitrogen and oxygen atoms in total. The Morgan fingerprint density at radius 3 is 0.706 bits per heavy atom. The molecule has 0 aliphatic heterocycles. The van der Waals surface area contributed by atoms with Crippen molar-refractivity contribution in [3.8, 4) is 17.2 Å². The van der Waals surface area contributed by atoms with Crippen LogP contribution in [0.15, 0.2) is 92.5 Å². The third kappa shape index (κ3) is 38.3. The molecule has 0 N–H and O–H groups in total. The van der Waals surface area contributed by atoms with E-state index in [0.717, 1.165) is 280 Å². The van der Waals surface area contributed by atoms with E-state index in [4.69, 9.17) is 42.6 Å². The molecule has 6 saturated carbocycles. The molecule has 0 saturated heterocycles. The monoisotopic (exact) mass is 1740 g/mol. The van der Waals surface area contributed by atoms with Crippen LogP contribution in [-0.2, 0) is 57.2 Å². The van der Waals surface area contributed by atoms with Crippen LogP contribution in [0.2, 0.25) is 0 Å². The summed E-state index contributed by atoms with van der Waals surface area (Å²) in [6.07, 6.45) is 64.6. The summed E-state index contributed by atoms with van der Waals surface area (Å²) in [5.74, 6) is 5.03. The molecule has 6 aliphatic rings. The van der Waals surface area contributed by atoms with Crippen molar-refractivity contribution in [2.75, 3.05) is 19.8 Å². The number of hydrogen-bond acceptors (Lipinski definition) is 15. The van der Waals surface area contributed by atoms with Crippen LogP contribution in [0.25, 0.3) is 16.7 Å². The fourth-order valence-corrected chi connectivity index (χ4v) is 21.5. The van der Waals surface area contributed by atoms with Crippen LogP contribution in [0.4, 0.5) is 0 Å². The minimum atomic E-state index is -2.14. The van der Waals surface area contributed by atoms with E-state index in [2.05, 4.69) is 40.5 Å². The van der Waals surface area contributed by atoms with E-state index in [1.807, 2.05) is 72.8 Å². The van der Waals surface area contributed by atoms with Gasteiger partial charge in [0.2, 0.25) is 0 Å². The van der Waals surface area contributed by atoms with E-state index in [9.17, 15) is 28.8 Å². The predicted molar refractivity (Wildman–Crippen MR) is 509 cm³/mol. The second-order valence-corrected chi connectivity index (χ2v) is 39.3. The summed E-state index contributed by atoms with van der Waals surface area (Å²) in [5, 5.41) is 0. The van der Waals surface area contributed by atoms with Gasteiger partial charge in [-0.1, -0.05) is 296 Å². The minimum Gasteiger partial charge on any atom is -0.494 e. The standard InChI is InChI=1S/C111H170O15/c1-8-12-30-39-87-45-51-93(52-46-87)96-63-75-102(76-64-96)121-108(115)84(5)90-57-69-99(70-58-90)118-81-36-27-21-15-18-24-33-42-105(112)124-111(11-4,125-106(113)43-34-25-19-16-22-28-37-82-119-100-71-59-91(60-72-100)85(6)109(116)122-103-77-65-97(66-78-103)94-53-47-88(48-54-94)40-31-13-9-2)126-107(114)44-35-26-20-17-23-29-38-83-120-101-73-61-92(62-74-101)86(7)110(117)123-104-79-67-98(68-80-104)95-55-49-89(50-56-95)41-32-14-10-3/h57-62,69-74,87-89,93-98,102-104H,5-56,63-68,75-83H2,1-4H3. The highest BCUT2D eigenvalue weighted by Gasteiger charge is 2.43. The number of benzene rings is 3. The number of rotatable bonds is 61. The zero-order chi connectivity index (χ0) is 89.2. The van der Waals surface area contributed by atoms with Gasteiger partial charge in [-0.2, -0.15) is 0 Å². The van der Waals surface area contributed by atoms with Crippen LogP contribution in [0, 0.1) is 53.3 Å². The highest BCUT2D eigenvalue weighted by molar-refractivity contribution is 6.16. The Hall–Kier alpha value is -6.90. The topological polar surface area (TPSA) is 185 Å². The Labute approximate surface area is 762 Å². The quantitative estimate of drug-likeness (QED) is 0.0171. The molecular formula is C111H170O15. The van der Waals surface area contributed by atoms with Gasteiger partial charge in [0.15, 0.2) is 0 Å².